The smallest absolute Gasteiger partial charge is 0.334 e. The van der Waals surface area contributed by atoms with Gasteiger partial charge in [-0.1, -0.05) is 0 Å². The fraction of sp³-hybridized carbons (Fsp3) is 0.625. The van der Waals surface area contributed by atoms with Gasteiger partial charge in [-0.15, -0.1) is 0 Å². The molecule has 1 N–H and O–H groups in total. The van der Waals surface area contributed by atoms with Crippen LogP contribution in [0.1, 0.15) is 26.7 Å². The number of carbonyl (C=O) groups is 1. The molecule has 0 unspecified atom stereocenters. The van der Waals surface area contributed by atoms with E-state index in [0.717, 1.165) is 6.42 Å². The topological polar surface area (TPSA) is 46.5 Å². The molecular formula is C8H12O3. The monoisotopic (exact) mass is 156 g/mol. The number of hydrogen-bond donors (Lipinski definition) is 1. The second kappa shape index (κ2) is 2.57. The summed E-state index contributed by atoms with van der Waals surface area (Å²) in [6.45, 7) is 3.89. The summed E-state index contributed by atoms with van der Waals surface area (Å²) in [5.74, 6) is -0.875. The Balaban J connectivity index is 2.65. The van der Waals surface area contributed by atoms with Crippen LogP contribution in [0.3, 0.4) is 0 Å². The third-order valence-electron chi connectivity index (χ3n) is 1.79. The number of hydrogen-bond acceptors (Lipinski definition) is 2. The van der Waals surface area contributed by atoms with Gasteiger partial charge in [-0.05, 0) is 26.7 Å². The van der Waals surface area contributed by atoms with Crippen LogP contribution in [0.25, 0.3) is 0 Å². The summed E-state index contributed by atoms with van der Waals surface area (Å²) >= 11 is 0. The van der Waals surface area contributed by atoms with Gasteiger partial charge in [0.25, 0.3) is 0 Å². The van der Waals surface area contributed by atoms with Crippen LogP contribution in [-0.4, -0.2) is 16.7 Å². The number of ether oxygens (including phenoxy) is 1. The molecule has 0 fully saturated rings. The predicted octanol–water partition coefficient (Wildman–Crippen LogP) is 1.54. The van der Waals surface area contributed by atoms with Gasteiger partial charge in [-0.2, -0.15) is 0 Å². The van der Waals surface area contributed by atoms with Gasteiger partial charge < -0.3 is 9.84 Å². The molecule has 0 spiro atoms. The molecule has 0 aliphatic carbocycles. The van der Waals surface area contributed by atoms with Gasteiger partial charge in [0.2, 0.25) is 0 Å². The normalized spacial score (nSPS) is 21.8. The Bertz CT molecular complexity index is 203. The fourth-order valence-electron chi connectivity index (χ4n) is 0.942. The molecule has 62 valence electrons. The summed E-state index contributed by atoms with van der Waals surface area (Å²) in [7, 11) is 0. The SMILES string of the molecule is CC1(C)CCC(C(=O)O)=CO1. The molecule has 11 heavy (non-hydrogen) atoms. The number of carboxylic acids is 1. The molecule has 3 nitrogen and oxygen atoms in total. The van der Waals surface area contributed by atoms with E-state index in [1.54, 1.807) is 0 Å². The molecule has 0 saturated carbocycles. The Kier molecular flexibility index (Phi) is 1.89. The summed E-state index contributed by atoms with van der Waals surface area (Å²) in [6, 6.07) is 0. The number of rotatable bonds is 1. The summed E-state index contributed by atoms with van der Waals surface area (Å²) < 4.78 is 5.20. The molecule has 1 rings (SSSR count). The second-order valence-corrected chi connectivity index (χ2v) is 3.33. The number of carboxylic acid groups (broad SMARTS) is 1. The first-order chi connectivity index (χ1) is 5.01. The summed E-state index contributed by atoms with van der Waals surface area (Å²) in [5, 5.41) is 8.56. The molecule has 0 atom stereocenters. The molecular weight excluding hydrogens is 144 g/mol. The van der Waals surface area contributed by atoms with Crippen molar-refractivity contribution in [1.82, 2.24) is 0 Å². The minimum absolute atomic E-state index is 0.195. The van der Waals surface area contributed by atoms with E-state index < -0.39 is 5.97 Å². The highest BCUT2D eigenvalue weighted by atomic mass is 16.5. The van der Waals surface area contributed by atoms with E-state index in [0.29, 0.717) is 12.0 Å². The molecule has 0 aromatic rings. The molecule has 0 amide bonds. The van der Waals surface area contributed by atoms with E-state index in [1.807, 2.05) is 13.8 Å². The highest BCUT2D eigenvalue weighted by Crippen LogP contribution is 2.25. The van der Waals surface area contributed by atoms with E-state index in [9.17, 15) is 4.79 Å². The van der Waals surface area contributed by atoms with Gasteiger partial charge in [-0.3, -0.25) is 0 Å². The predicted molar refractivity (Wildman–Crippen MR) is 40.1 cm³/mol. The van der Waals surface area contributed by atoms with E-state index in [-0.39, 0.29) is 5.60 Å². The standard InChI is InChI=1S/C8H12O3/c1-8(2)4-3-6(5-11-8)7(9)10/h5H,3-4H2,1-2H3,(H,9,10). The van der Waals surface area contributed by atoms with Crippen molar-refractivity contribution in [2.24, 2.45) is 0 Å². The Labute approximate surface area is 65.7 Å². The van der Waals surface area contributed by atoms with Crippen molar-refractivity contribution >= 4 is 5.97 Å². The van der Waals surface area contributed by atoms with Crippen LogP contribution < -0.4 is 0 Å². The van der Waals surface area contributed by atoms with Crippen molar-refractivity contribution < 1.29 is 14.6 Å². The van der Waals surface area contributed by atoms with Crippen molar-refractivity contribution in [3.05, 3.63) is 11.8 Å². The van der Waals surface area contributed by atoms with Gasteiger partial charge in [-0.25, -0.2) is 4.79 Å². The minimum Gasteiger partial charge on any atom is -0.495 e. The lowest BCUT2D eigenvalue weighted by Gasteiger charge is -2.28. The molecule has 1 heterocycles. The van der Waals surface area contributed by atoms with E-state index >= 15 is 0 Å². The van der Waals surface area contributed by atoms with Gasteiger partial charge >= 0.3 is 5.97 Å². The largest absolute Gasteiger partial charge is 0.495 e. The van der Waals surface area contributed by atoms with Crippen molar-refractivity contribution in [3.8, 4) is 0 Å². The molecule has 0 radical (unpaired) electrons. The van der Waals surface area contributed by atoms with Crippen LogP contribution in [0.4, 0.5) is 0 Å². The van der Waals surface area contributed by atoms with E-state index in [2.05, 4.69) is 0 Å². The maximum atomic E-state index is 10.4. The Morgan fingerprint density at radius 2 is 2.36 bits per heavy atom. The summed E-state index contributed by atoms with van der Waals surface area (Å²) in [4.78, 5) is 10.4. The molecule has 1 aliphatic heterocycles. The van der Waals surface area contributed by atoms with Crippen molar-refractivity contribution in [1.29, 1.82) is 0 Å². The Morgan fingerprint density at radius 3 is 2.73 bits per heavy atom. The van der Waals surface area contributed by atoms with Crippen LogP contribution in [0.15, 0.2) is 11.8 Å². The molecule has 1 aliphatic rings. The number of aliphatic carboxylic acids is 1. The van der Waals surface area contributed by atoms with Crippen LogP contribution in [0, 0.1) is 0 Å². The first-order valence-corrected chi connectivity index (χ1v) is 3.61. The third kappa shape index (κ3) is 1.97. The summed E-state index contributed by atoms with van der Waals surface area (Å²) in [5.41, 5.74) is 0.170. The van der Waals surface area contributed by atoms with Crippen LogP contribution in [0.5, 0.6) is 0 Å². The molecule has 0 aromatic carbocycles. The summed E-state index contributed by atoms with van der Waals surface area (Å²) in [6.07, 6.45) is 2.72. The lowest BCUT2D eigenvalue weighted by atomic mass is 9.97. The van der Waals surface area contributed by atoms with Gasteiger partial charge in [0.1, 0.15) is 5.60 Å². The van der Waals surface area contributed by atoms with Crippen LogP contribution >= 0.6 is 0 Å². The zero-order chi connectivity index (χ0) is 8.48. The highest BCUT2D eigenvalue weighted by molar-refractivity contribution is 5.86. The van der Waals surface area contributed by atoms with Gasteiger partial charge in [0, 0.05) is 0 Å². The molecule has 0 saturated heterocycles. The first-order valence-electron chi connectivity index (χ1n) is 3.61. The molecule has 0 bridgehead atoms. The van der Waals surface area contributed by atoms with Crippen molar-refractivity contribution in [2.45, 2.75) is 32.3 Å². The maximum Gasteiger partial charge on any atom is 0.334 e. The fourth-order valence-corrected chi connectivity index (χ4v) is 0.942. The lowest BCUT2D eigenvalue weighted by molar-refractivity contribution is -0.133. The van der Waals surface area contributed by atoms with Crippen molar-refractivity contribution in [2.75, 3.05) is 0 Å². The van der Waals surface area contributed by atoms with Crippen LogP contribution in [-0.2, 0) is 9.53 Å². The quantitative estimate of drug-likeness (QED) is 0.626. The lowest BCUT2D eigenvalue weighted by Crippen LogP contribution is -2.26. The zero-order valence-corrected chi connectivity index (χ0v) is 6.76. The Hall–Kier alpha value is -0.990. The van der Waals surface area contributed by atoms with E-state index in [1.165, 1.54) is 6.26 Å². The minimum atomic E-state index is -0.875. The maximum absolute atomic E-state index is 10.4. The zero-order valence-electron chi connectivity index (χ0n) is 6.76. The van der Waals surface area contributed by atoms with Crippen molar-refractivity contribution in [3.63, 3.8) is 0 Å². The average Bonchev–Trinajstić information content (AvgIpc) is 1.86. The third-order valence-corrected chi connectivity index (χ3v) is 1.79. The van der Waals surface area contributed by atoms with Gasteiger partial charge in [0.15, 0.2) is 0 Å². The Morgan fingerprint density at radius 1 is 1.73 bits per heavy atom. The van der Waals surface area contributed by atoms with Gasteiger partial charge in [0.05, 0.1) is 11.8 Å². The second-order valence-electron chi connectivity index (χ2n) is 3.33. The highest BCUT2D eigenvalue weighted by Gasteiger charge is 2.25. The molecule has 0 aromatic heterocycles. The van der Waals surface area contributed by atoms with Crippen LogP contribution in [0.2, 0.25) is 0 Å². The van der Waals surface area contributed by atoms with E-state index in [4.69, 9.17) is 9.84 Å². The average molecular weight is 156 g/mol. The molecule has 3 heteroatoms. The first kappa shape index (κ1) is 8.11.